The largest absolute Gasteiger partial charge is 0.420 e. The molecule has 0 amide bonds. The van der Waals surface area contributed by atoms with Gasteiger partial charge in [0.25, 0.3) is 50.6 Å². The molecule has 0 spiro atoms. The number of esters is 1. The molecule has 2 unspecified atom stereocenters. The van der Waals surface area contributed by atoms with Gasteiger partial charge in [-0.15, -0.1) is 0 Å². The standard InChI is InChI=1S/C49H50F4N2O21S6/c1-5-54-33-16-14-29-31(23-27(78(60,61)62)25-35(29)80(66,67)68)40(33)48(2,18-10-22-77(57,58)59)37(54)11-9-12-38-49(3,19-21-75-4)41-32-24-28(79(63,64)65)26-36(81(69,70)71)30(32)15-17-34(41)55(38)20-8-6-7-13-39(56)76-46-42(50)44(52)47(82(72,73)74)45(53)43(46)51/h9,11-12,14-17,23-26H,5-8,10,13,18-22H2,1-4H3,(H5-,57,58,59,60,61,62,63,64,65,66,67,68,69,70,71,72,73,74)/p+1. The number of carbonyl (C=O) groups is 1. The zero-order valence-corrected chi connectivity index (χ0v) is 48.2. The van der Waals surface area contributed by atoms with Crippen LogP contribution in [0.1, 0.15) is 76.8 Å². The first-order valence-corrected chi connectivity index (χ1v) is 32.9. The van der Waals surface area contributed by atoms with Crippen molar-refractivity contribution >= 4 is 105 Å². The highest BCUT2D eigenvalue weighted by Crippen LogP contribution is 2.54. The van der Waals surface area contributed by atoms with Crippen molar-refractivity contribution in [3.63, 3.8) is 0 Å². The molecule has 0 radical (unpaired) electrons. The molecule has 23 nitrogen and oxygen atoms in total. The van der Waals surface area contributed by atoms with Gasteiger partial charge in [-0.1, -0.05) is 12.1 Å². The summed E-state index contributed by atoms with van der Waals surface area (Å²) < 4.78 is 279. The number of unbranched alkanes of at least 4 members (excludes halogenated alkanes) is 2. The van der Waals surface area contributed by atoms with Crippen molar-refractivity contribution in [2.45, 2.75) is 101 Å². The van der Waals surface area contributed by atoms with E-state index in [2.05, 4.69) is 4.74 Å². The average molecular weight is 1270 g/mol. The van der Waals surface area contributed by atoms with E-state index in [1.54, 1.807) is 42.4 Å². The molecule has 2 aliphatic rings. The molecule has 6 N–H and O–H groups in total. The Kier molecular flexibility index (Phi) is 17.6. The monoisotopic (exact) mass is 1270 g/mol. The van der Waals surface area contributed by atoms with Crippen LogP contribution in [0.25, 0.3) is 21.5 Å². The lowest BCUT2D eigenvalue weighted by atomic mass is 9.74. The van der Waals surface area contributed by atoms with Gasteiger partial charge < -0.3 is 14.4 Å². The number of allylic oxidation sites excluding steroid dienone is 4. The van der Waals surface area contributed by atoms with E-state index < -0.39 is 143 Å². The normalized spacial score (nSPS) is 18.6. The van der Waals surface area contributed by atoms with Crippen molar-refractivity contribution < 1.29 is 114 Å². The van der Waals surface area contributed by atoms with E-state index in [0.29, 0.717) is 34.9 Å². The summed E-state index contributed by atoms with van der Waals surface area (Å²) in [5, 5.41) is -0.552. The number of likely N-dealkylation sites (N-methyl/N-ethyl adjacent to an activating group) is 1. The van der Waals surface area contributed by atoms with Crippen LogP contribution < -0.4 is 9.64 Å². The zero-order chi connectivity index (χ0) is 61.2. The molecule has 5 aromatic rings. The number of ether oxygens (including phenoxy) is 2. The predicted molar refractivity (Wildman–Crippen MR) is 284 cm³/mol. The average Bonchev–Trinajstić information content (AvgIpc) is 2.92. The molecular formula is C49H51F4N2O21S6+. The first kappa shape index (κ1) is 63.8. The molecule has 446 valence electrons. The SMILES string of the molecule is CCN1C(=CC=CC2=[N+](CCCCCC(=O)Oc3c(F)c(F)c(S(=O)(=O)O)c(F)c3F)c3ccc4c(S(=O)(=O)O)cc(S(=O)(=O)O)cc4c3C2(C)CCOC)C(C)(CCCS(=O)(=O)O)c2c1ccc1c(S(=O)(=O)O)cc(S(=O)(=O)O)cc21. The molecule has 82 heavy (non-hydrogen) atoms. The van der Waals surface area contributed by atoms with Gasteiger partial charge in [0.05, 0.1) is 21.0 Å². The second-order valence-corrected chi connectivity index (χ2v) is 28.1. The number of hydrogen-bond acceptors (Lipinski definition) is 16. The maximum atomic E-state index is 14.7. The van der Waals surface area contributed by atoms with E-state index in [4.69, 9.17) is 9.29 Å². The van der Waals surface area contributed by atoms with Crippen molar-refractivity contribution in [1.29, 1.82) is 0 Å². The maximum Gasteiger partial charge on any atom is 0.311 e. The minimum Gasteiger partial charge on any atom is -0.420 e. The van der Waals surface area contributed by atoms with Gasteiger partial charge in [0.1, 0.15) is 16.3 Å². The summed E-state index contributed by atoms with van der Waals surface area (Å²) >= 11 is 0. The lowest BCUT2D eigenvalue weighted by Gasteiger charge is -2.30. The van der Waals surface area contributed by atoms with Crippen LogP contribution in [0.2, 0.25) is 0 Å². The number of nitrogens with zero attached hydrogens (tertiary/aromatic N) is 2. The number of benzene rings is 5. The molecule has 0 saturated carbocycles. The quantitative estimate of drug-likeness (QED) is 0.00755. The van der Waals surface area contributed by atoms with E-state index in [-0.39, 0.29) is 90.9 Å². The van der Waals surface area contributed by atoms with Crippen LogP contribution in [0.3, 0.4) is 0 Å². The van der Waals surface area contributed by atoms with Gasteiger partial charge in [-0.05, 0) is 112 Å². The van der Waals surface area contributed by atoms with Crippen molar-refractivity contribution in [2.75, 3.05) is 37.5 Å². The van der Waals surface area contributed by atoms with Crippen LogP contribution in [0, 0.1) is 23.3 Å². The van der Waals surface area contributed by atoms with E-state index in [1.165, 1.54) is 37.5 Å². The highest BCUT2D eigenvalue weighted by atomic mass is 32.2. The summed E-state index contributed by atoms with van der Waals surface area (Å²) in [6.45, 7) is 5.10. The first-order valence-electron chi connectivity index (χ1n) is 24.1. The number of methoxy groups -OCH3 is 1. The Morgan fingerprint density at radius 1 is 0.634 bits per heavy atom. The molecule has 0 aliphatic carbocycles. The molecule has 2 aliphatic heterocycles. The van der Waals surface area contributed by atoms with Gasteiger partial charge in [0, 0.05) is 78.4 Å². The summed E-state index contributed by atoms with van der Waals surface area (Å²) in [7, 11) is -29.8. The molecule has 2 heterocycles. The number of halogens is 4. The Morgan fingerprint density at radius 3 is 1.66 bits per heavy atom. The second kappa shape index (κ2) is 22.6. The topological polar surface area (TPSA) is 368 Å². The highest BCUT2D eigenvalue weighted by Gasteiger charge is 2.50. The van der Waals surface area contributed by atoms with Gasteiger partial charge in [-0.25, -0.2) is 8.78 Å². The first-order chi connectivity index (χ1) is 37.7. The van der Waals surface area contributed by atoms with Crippen LogP contribution >= 0.6 is 0 Å². The Morgan fingerprint density at radius 2 is 1.17 bits per heavy atom. The number of carbonyl (C=O) groups excluding carboxylic acids is 1. The Bertz CT molecular complexity index is 4320. The van der Waals surface area contributed by atoms with Crippen molar-refractivity contribution in [2.24, 2.45) is 0 Å². The molecule has 0 bridgehead atoms. The molecule has 2 atom stereocenters. The van der Waals surface area contributed by atoms with Crippen molar-refractivity contribution in [3.8, 4) is 5.75 Å². The smallest absolute Gasteiger partial charge is 0.311 e. The van der Waals surface area contributed by atoms with E-state index in [1.807, 2.05) is 0 Å². The van der Waals surface area contributed by atoms with Gasteiger partial charge >= 0.3 is 16.1 Å². The minimum atomic E-state index is -5.82. The molecule has 0 aromatic heterocycles. The molecule has 0 saturated heterocycles. The third-order valence-corrected chi connectivity index (χ3v) is 19.4. The third-order valence-electron chi connectivity index (χ3n) is 14.3. The van der Waals surface area contributed by atoms with Gasteiger partial charge in [-0.3, -0.25) is 32.1 Å². The zero-order valence-electron chi connectivity index (χ0n) is 43.3. The molecule has 5 aromatic carbocycles. The van der Waals surface area contributed by atoms with Crippen LogP contribution in [-0.4, -0.2) is 127 Å². The number of rotatable bonds is 22. The Hall–Kier alpha value is -5.82. The lowest BCUT2D eigenvalue weighted by molar-refractivity contribution is -0.438. The van der Waals surface area contributed by atoms with E-state index in [9.17, 15) is 95.6 Å². The summed E-state index contributed by atoms with van der Waals surface area (Å²) in [6, 6.07) is 8.61. The fourth-order valence-corrected chi connectivity index (χ4v) is 14.6. The molecular weight excluding hydrogens is 1220 g/mol. The maximum absolute atomic E-state index is 14.7. The van der Waals surface area contributed by atoms with E-state index in [0.717, 1.165) is 12.1 Å². The predicted octanol–water partition coefficient (Wildman–Crippen LogP) is 7.25. The van der Waals surface area contributed by atoms with Crippen LogP contribution in [0.4, 0.5) is 28.9 Å². The van der Waals surface area contributed by atoms with Gasteiger partial charge in [0.15, 0.2) is 22.2 Å². The number of fused-ring (bicyclic) bond motifs is 6. The Balaban J connectivity index is 1.39. The third kappa shape index (κ3) is 12.4. The van der Waals surface area contributed by atoms with Crippen LogP contribution in [0.5, 0.6) is 5.75 Å². The molecule has 0 fully saturated rings. The number of anilines is 1. The van der Waals surface area contributed by atoms with Crippen molar-refractivity contribution in [3.05, 3.63) is 107 Å². The lowest BCUT2D eigenvalue weighted by Crippen LogP contribution is -2.33. The summed E-state index contributed by atoms with van der Waals surface area (Å²) in [6.07, 6.45) is 3.73. The molecule has 33 heteroatoms. The van der Waals surface area contributed by atoms with Crippen LogP contribution in [-0.2, 0) is 81.1 Å². The summed E-state index contributed by atoms with van der Waals surface area (Å²) in [5.41, 5.74) is -0.972. The van der Waals surface area contributed by atoms with Crippen LogP contribution in [0.15, 0.2) is 96.9 Å². The fraction of sp³-hybridized carbons (Fsp3) is 0.347. The van der Waals surface area contributed by atoms with Crippen molar-refractivity contribution in [1.82, 2.24) is 0 Å². The Labute approximate surface area is 468 Å². The van der Waals surface area contributed by atoms with E-state index >= 15 is 0 Å². The summed E-state index contributed by atoms with van der Waals surface area (Å²) in [4.78, 5) is 8.54. The second-order valence-electron chi connectivity index (χ2n) is 19.5. The summed E-state index contributed by atoms with van der Waals surface area (Å²) in [5.74, 6) is -14.1. The highest BCUT2D eigenvalue weighted by molar-refractivity contribution is 7.87. The number of hydrogen-bond donors (Lipinski definition) is 6. The van der Waals surface area contributed by atoms with Gasteiger partial charge in [-0.2, -0.15) is 63.9 Å². The molecule has 7 rings (SSSR count). The van der Waals surface area contributed by atoms with Gasteiger partial charge in [0.2, 0.25) is 23.1 Å². The fourth-order valence-electron chi connectivity index (χ4n) is 10.7. The minimum absolute atomic E-state index is 0.0235.